The minimum absolute atomic E-state index is 0.0543. The zero-order chi connectivity index (χ0) is 24.6. The number of benzene rings is 2. The minimum atomic E-state index is -0.489. The van der Waals surface area contributed by atoms with Crippen LogP contribution in [0.1, 0.15) is 19.3 Å². The number of aliphatic hydroxyl groups is 1. The molecule has 2 heterocycles. The maximum Gasteiger partial charge on any atom is 0.319 e. The van der Waals surface area contributed by atoms with Crippen LogP contribution in [0.5, 0.6) is 11.5 Å². The second kappa shape index (κ2) is 11.7. The van der Waals surface area contributed by atoms with Gasteiger partial charge < -0.3 is 30.0 Å². The molecule has 0 saturated carbocycles. The summed E-state index contributed by atoms with van der Waals surface area (Å²) in [6.07, 6.45) is 3.50. The van der Waals surface area contributed by atoms with Gasteiger partial charge in [0, 0.05) is 12.1 Å². The van der Waals surface area contributed by atoms with E-state index in [9.17, 15) is 9.90 Å². The predicted molar refractivity (Wildman–Crippen MR) is 131 cm³/mol. The molecule has 0 bridgehead atoms. The normalized spacial score (nSPS) is 19.7. The number of methoxy groups -OCH3 is 2. The number of aryl methyl sites for hydroxylation is 1. The van der Waals surface area contributed by atoms with Crippen molar-refractivity contribution in [1.29, 1.82) is 0 Å². The lowest BCUT2D eigenvalue weighted by Crippen LogP contribution is -2.52. The summed E-state index contributed by atoms with van der Waals surface area (Å²) in [6.45, 7) is 0.439. The Balaban J connectivity index is 1.29. The molecular formula is C25H31N5O5. The van der Waals surface area contributed by atoms with Gasteiger partial charge in [-0.05, 0) is 43.5 Å². The number of anilines is 1. The molecular weight excluding hydrogens is 450 g/mol. The fourth-order valence-corrected chi connectivity index (χ4v) is 4.25. The molecule has 186 valence electrons. The number of hydrogen-bond donors (Lipinski definition) is 3. The first kappa shape index (κ1) is 24.5. The van der Waals surface area contributed by atoms with Gasteiger partial charge in [0.2, 0.25) is 0 Å². The maximum absolute atomic E-state index is 12.5. The van der Waals surface area contributed by atoms with Gasteiger partial charge in [-0.15, -0.1) is 5.10 Å². The number of rotatable bonds is 9. The quantitative estimate of drug-likeness (QED) is 0.430. The number of aliphatic hydroxyl groups excluding tert-OH is 1. The highest BCUT2D eigenvalue weighted by molar-refractivity contribution is 5.91. The van der Waals surface area contributed by atoms with E-state index in [1.165, 1.54) is 0 Å². The SMILES string of the molecule is COc1ccccc1NC(=O)N[C@H]1CC[C@H](CCn2cc(-c3ccccc3OC)nn2)O[C@@H]1CO. The number of aromatic nitrogens is 3. The van der Waals surface area contributed by atoms with Crippen LogP contribution in [0.15, 0.2) is 54.7 Å². The molecule has 1 saturated heterocycles. The molecule has 0 aliphatic carbocycles. The molecule has 10 nitrogen and oxygen atoms in total. The summed E-state index contributed by atoms with van der Waals surface area (Å²) in [5.41, 5.74) is 2.20. The summed E-state index contributed by atoms with van der Waals surface area (Å²) in [4.78, 5) is 12.5. The first-order valence-electron chi connectivity index (χ1n) is 11.6. The number of nitrogens with one attached hydrogen (secondary N) is 2. The van der Waals surface area contributed by atoms with Gasteiger partial charge in [0.25, 0.3) is 0 Å². The number of nitrogens with zero attached hydrogens (tertiary/aromatic N) is 3. The number of urea groups is 1. The van der Waals surface area contributed by atoms with Gasteiger partial charge in [-0.3, -0.25) is 4.68 Å². The Labute approximate surface area is 204 Å². The summed E-state index contributed by atoms with van der Waals surface area (Å²) in [6, 6.07) is 14.2. The summed E-state index contributed by atoms with van der Waals surface area (Å²) < 4.78 is 18.6. The number of carbonyl (C=O) groups excluding carboxylic acids is 1. The lowest BCUT2D eigenvalue weighted by Gasteiger charge is -2.36. The highest BCUT2D eigenvalue weighted by Crippen LogP contribution is 2.28. The Kier molecular flexibility index (Phi) is 8.17. The highest BCUT2D eigenvalue weighted by atomic mass is 16.5. The summed E-state index contributed by atoms with van der Waals surface area (Å²) in [7, 11) is 3.18. The van der Waals surface area contributed by atoms with Gasteiger partial charge in [0.05, 0.1) is 44.9 Å². The van der Waals surface area contributed by atoms with Crippen LogP contribution in [0, 0.1) is 0 Å². The fraction of sp³-hybridized carbons (Fsp3) is 0.400. The highest BCUT2D eigenvalue weighted by Gasteiger charge is 2.32. The molecule has 1 aromatic heterocycles. The van der Waals surface area contributed by atoms with E-state index in [1.54, 1.807) is 31.0 Å². The third-order valence-corrected chi connectivity index (χ3v) is 6.07. The lowest BCUT2D eigenvalue weighted by molar-refractivity contribution is -0.0905. The van der Waals surface area contributed by atoms with Crippen LogP contribution in [0.25, 0.3) is 11.3 Å². The second-order valence-electron chi connectivity index (χ2n) is 8.32. The molecule has 3 atom stereocenters. The Morgan fingerprint density at radius 1 is 1.11 bits per heavy atom. The molecule has 4 rings (SSSR count). The molecule has 3 N–H and O–H groups in total. The van der Waals surface area contributed by atoms with Crippen molar-refractivity contribution in [2.24, 2.45) is 0 Å². The molecule has 1 aliphatic rings. The molecule has 0 unspecified atom stereocenters. The largest absolute Gasteiger partial charge is 0.496 e. The van der Waals surface area contributed by atoms with E-state index in [0.717, 1.165) is 23.4 Å². The molecule has 3 aromatic rings. The van der Waals surface area contributed by atoms with Crippen LogP contribution in [0.2, 0.25) is 0 Å². The molecule has 2 amide bonds. The standard InChI is InChI=1S/C25H31N5O5/c1-33-22-9-5-3-7-18(22)21-15-30(29-28-21)14-13-17-11-12-20(24(16-31)35-17)27-25(32)26-19-8-4-6-10-23(19)34-2/h3-10,15,17,20,24,31H,11-14,16H2,1-2H3,(H2,26,27,32)/t17-,20+,24-/m1/s1. The first-order chi connectivity index (χ1) is 17.1. The van der Waals surface area contributed by atoms with Crippen molar-refractivity contribution in [1.82, 2.24) is 20.3 Å². The van der Waals surface area contributed by atoms with Gasteiger partial charge in [-0.25, -0.2) is 4.79 Å². The van der Waals surface area contributed by atoms with E-state index in [2.05, 4.69) is 20.9 Å². The average Bonchev–Trinajstić information content (AvgIpc) is 3.37. The van der Waals surface area contributed by atoms with E-state index in [-0.39, 0.29) is 24.8 Å². The molecule has 10 heteroatoms. The van der Waals surface area contributed by atoms with Gasteiger partial charge in [0.15, 0.2) is 0 Å². The minimum Gasteiger partial charge on any atom is -0.496 e. The maximum atomic E-state index is 12.5. The molecule has 35 heavy (non-hydrogen) atoms. The summed E-state index contributed by atoms with van der Waals surface area (Å²) in [5.74, 6) is 1.32. The van der Waals surface area contributed by atoms with Gasteiger partial charge in [-0.1, -0.05) is 29.5 Å². The monoisotopic (exact) mass is 481 g/mol. The van der Waals surface area contributed by atoms with Crippen molar-refractivity contribution in [3.63, 3.8) is 0 Å². The van der Waals surface area contributed by atoms with E-state index in [4.69, 9.17) is 14.2 Å². The van der Waals surface area contributed by atoms with Gasteiger partial charge >= 0.3 is 6.03 Å². The Morgan fingerprint density at radius 2 is 1.86 bits per heavy atom. The second-order valence-corrected chi connectivity index (χ2v) is 8.32. The van der Waals surface area contributed by atoms with Crippen molar-refractivity contribution in [3.8, 4) is 22.8 Å². The van der Waals surface area contributed by atoms with Crippen molar-refractivity contribution >= 4 is 11.7 Å². The smallest absolute Gasteiger partial charge is 0.319 e. The zero-order valence-corrected chi connectivity index (χ0v) is 19.9. The molecule has 0 radical (unpaired) electrons. The van der Waals surface area contributed by atoms with Crippen LogP contribution in [-0.4, -0.2) is 65.2 Å². The predicted octanol–water partition coefficient (Wildman–Crippen LogP) is 3.08. The number of para-hydroxylation sites is 3. The van der Waals surface area contributed by atoms with Crippen LogP contribution in [0.3, 0.4) is 0 Å². The van der Waals surface area contributed by atoms with Crippen molar-refractivity contribution < 1.29 is 24.1 Å². The van der Waals surface area contributed by atoms with Crippen LogP contribution < -0.4 is 20.1 Å². The third-order valence-electron chi connectivity index (χ3n) is 6.07. The van der Waals surface area contributed by atoms with Crippen LogP contribution >= 0.6 is 0 Å². The number of ether oxygens (including phenoxy) is 3. The van der Waals surface area contributed by atoms with E-state index >= 15 is 0 Å². The fourth-order valence-electron chi connectivity index (χ4n) is 4.25. The molecule has 0 spiro atoms. The van der Waals surface area contributed by atoms with Crippen molar-refractivity contribution in [3.05, 3.63) is 54.7 Å². The topological polar surface area (TPSA) is 120 Å². The number of hydrogen-bond acceptors (Lipinski definition) is 7. The van der Waals surface area contributed by atoms with E-state index < -0.39 is 6.10 Å². The van der Waals surface area contributed by atoms with E-state index in [1.807, 2.05) is 42.6 Å². The van der Waals surface area contributed by atoms with E-state index in [0.29, 0.717) is 30.8 Å². The Hall–Kier alpha value is -3.63. The number of carbonyl (C=O) groups is 1. The van der Waals surface area contributed by atoms with Gasteiger partial charge in [-0.2, -0.15) is 0 Å². The molecule has 2 aromatic carbocycles. The first-order valence-corrected chi connectivity index (χ1v) is 11.6. The zero-order valence-electron chi connectivity index (χ0n) is 19.9. The summed E-state index contributed by atoms with van der Waals surface area (Å²) in [5, 5.41) is 24.1. The Bertz CT molecular complexity index is 1120. The van der Waals surface area contributed by atoms with Crippen molar-refractivity contribution in [2.75, 3.05) is 26.1 Å². The molecule has 1 aliphatic heterocycles. The van der Waals surface area contributed by atoms with Crippen molar-refractivity contribution in [2.45, 2.75) is 44.1 Å². The third kappa shape index (κ3) is 6.09. The molecule has 1 fully saturated rings. The average molecular weight is 482 g/mol. The van der Waals surface area contributed by atoms with Crippen LogP contribution in [-0.2, 0) is 11.3 Å². The Morgan fingerprint density at radius 3 is 2.63 bits per heavy atom. The van der Waals surface area contributed by atoms with Crippen LogP contribution in [0.4, 0.5) is 10.5 Å². The lowest BCUT2D eigenvalue weighted by atomic mass is 9.97. The van der Waals surface area contributed by atoms with Gasteiger partial charge in [0.1, 0.15) is 23.3 Å². The summed E-state index contributed by atoms with van der Waals surface area (Å²) >= 11 is 0. The number of amides is 2.